The Balaban J connectivity index is 1.87. The molecule has 0 aromatic heterocycles. The van der Waals surface area contributed by atoms with Gasteiger partial charge in [0.25, 0.3) is 0 Å². The molecule has 1 unspecified atom stereocenters. The molecule has 170 valence electrons. The Morgan fingerprint density at radius 1 is 1.21 bits per heavy atom. The van der Waals surface area contributed by atoms with Crippen LogP contribution >= 0.6 is 0 Å². The van der Waals surface area contributed by atoms with Gasteiger partial charge in [-0.1, -0.05) is 6.07 Å². The highest BCUT2D eigenvalue weighted by Gasteiger charge is 2.42. The van der Waals surface area contributed by atoms with E-state index in [-0.39, 0.29) is 34.6 Å². The van der Waals surface area contributed by atoms with Crippen molar-refractivity contribution in [1.29, 1.82) is 0 Å². The van der Waals surface area contributed by atoms with E-state index in [4.69, 9.17) is 0 Å². The number of hydrogen-bond donors (Lipinski definition) is 2. The largest absolute Gasteiger partial charge is 0.481 e. The number of hydrogen-bond acceptors (Lipinski definition) is 5. The van der Waals surface area contributed by atoms with Crippen molar-refractivity contribution in [3.63, 3.8) is 0 Å². The number of benzene rings is 2. The maximum Gasteiger partial charge on any atom is 0.416 e. The third kappa shape index (κ3) is 3.97. The van der Waals surface area contributed by atoms with Gasteiger partial charge < -0.3 is 15.3 Å². The van der Waals surface area contributed by atoms with E-state index in [0.29, 0.717) is 24.2 Å². The van der Waals surface area contributed by atoms with Crippen molar-refractivity contribution >= 4 is 35.8 Å². The summed E-state index contributed by atoms with van der Waals surface area (Å²) in [7, 11) is 0. The summed E-state index contributed by atoms with van der Waals surface area (Å²) in [5.41, 5.74) is -0.0844. The predicted molar refractivity (Wildman–Crippen MR) is 109 cm³/mol. The molecule has 0 aliphatic carbocycles. The van der Waals surface area contributed by atoms with Crippen LogP contribution in [0.15, 0.2) is 47.2 Å². The van der Waals surface area contributed by atoms with E-state index in [1.807, 2.05) is 0 Å². The number of carbonyl (C=O) groups is 3. The second kappa shape index (κ2) is 8.15. The molecule has 11 heteroatoms. The lowest BCUT2D eigenvalue weighted by Crippen LogP contribution is -2.25. The van der Waals surface area contributed by atoms with Crippen molar-refractivity contribution in [2.45, 2.75) is 25.1 Å². The number of ketones is 1. The lowest BCUT2D eigenvalue weighted by atomic mass is 9.90. The van der Waals surface area contributed by atoms with Crippen LogP contribution in [-0.2, 0) is 33.5 Å². The zero-order valence-electron chi connectivity index (χ0n) is 16.7. The fourth-order valence-electron chi connectivity index (χ4n) is 4.08. The van der Waals surface area contributed by atoms with Crippen molar-refractivity contribution < 1.29 is 37.1 Å². The number of carboxylic acids is 1. The minimum atomic E-state index is -4.68. The summed E-state index contributed by atoms with van der Waals surface area (Å²) < 4.78 is 53.9. The summed E-state index contributed by atoms with van der Waals surface area (Å²) in [5, 5.41) is 11.6. The molecule has 0 saturated heterocycles. The highest BCUT2D eigenvalue weighted by atomic mass is 19.4. The zero-order chi connectivity index (χ0) is 23.9. The molecule has 2 aromatic carbocycles. The number of aliphatic carboxylic acids is 1. The first-order valence-corrected chi connectivity index (χ1v) is 9.59. The molecule has 0 bridgehead atoms. The molecule has 2 aliphatic heterocycles. The van der Waals surface area contributed by atoms with E-state index in [1.54, 1.807) is 0 Å². The number of allylic oxidation sites excluding steroid dienone is 1. The first-order valence-electron chi connectivity index (χ1n) is 9.59. The maximum atomic E-state index is 14.5. The summed E-state index contributed by atoms with van der Waals surface area (Å²) in [6.07, 6.45) is -2.40. The van der Waals surface area contributed by atoms with E-state index >= 15 is 0 Å². The molecule has 0 fully saturated rings. The van der Waals surface area contributed by atoms with Crippen molar-refractivity contribution in [2.24, 2.45) is 4.99 Å². The number of halogens is 4. The number of rotatable bonds is 6. The van der Waals surface area contributed by atoms with Crippen LogP contribution in [0.5, 0.6) is 0 Å². The van der Waals surface area contributed by atoms with Gasteiger partial charge in [-0.15, -0.1) is 0 Å². The van der Waals surface area contributed by atoms with Crippen LogP contribution in [0.1, 0.15) is 28.2 Å². The van der Waals surface area contributed by atoms with Gasteiger partial charge >= 0.3 is 12.1 Å². The van der Waals surface area contributed by atoms with Gasteiger partial charge in [-0.3, -0.25) is 19.4 Å². The molecule has 1 amide bonds. The van der Waals surface area contributed by atoms with Crippen LogP contribution in [-0.4, -0.2) is 29.5 Å². The summed E-state index contributed by atoms with van der Waals surface area (Å²) in [5.74, 6) is -3.49. The topological polar surface area (TPSA) is 99.1 Å². The fourth-order valence-corrected chi connectivity index (χ4v) is 4.08. The number of Topliss-reactive ketones (excluding diaryl/α,β-unsaturated/α-hetero) is 1. The minimum absolute atomic E-state index is 0.108. The molecule has 0 spiro atoms. The van der Waals surface area contributed by atoms with Gasteiger partial charge in [0.1, 0.15) is 5.82 Å². The smallest absolute Gasteiger partial charge is 0.416 e. The monoisotopic (exact) mass is 461 g/mol. The minimum Gasteiger partial charge on any atom is -0.481 e. The molecular weight excluding hydrogens is 446 g/mol. The Morgan fingerprint density at radius 3 is 2.64 bits per heavy atom. The average Bonchev–Trinajstić information content (AvgIpc) is 3.05. The fraction of sp³-hybridized carbons (Fsp3) is 0.182. The lowest BCUT2D eigenvalue weighted by Gasteiger charge is -2.24. The van der Waals surface area contributed by atoms with Gasteiger partial charge in [0.05, 0.1) is 42.0 Å². The van der Waals surface area contributed by atoms with Crippen molar-refractivity contribution in [3.8, 4) is 0 Å². The predicted octanol–water partition coefficient (Wildman–Crippen LogP) is 3.64. The van der Waals surface area contributed by atoms with Crippen molar-refractivity contribution in [1.82, 2.24) is 0 Å². The van der Waals surface area contributed by atoms with E-state index in [9.17, 15) is 37.1 Å². The van der Waals surface area contributed by atoms with Gasteiger partial charge in [0.2, 0.25) is 6.41 Å². The van der Waals surface area contributed by atoms with E-state index in [0.717, 1.165) is 12.3 Å². The normalized spacial score (nSPS) is 16.8. The van der Waals surface area contributed by atoms with Gasteiger partial charge in [-0.25, -0.2) is 4.39 Å². The lowest BCUT2D eigenvalue weighted by molar-refractivity contribution is -0.138. The molecule has 33 heavy (non-hydrogen) atoms. The summed E-state index contributed by atoms with van der Waals surface area (Å²) in [4.78, 5) is 40.5. The second-order valence-electron chi connectivity index (χ2n) is 7.42. The van der Waals surface area contributed by atoms with Gasteiger partial charge in [0, 0.05) is 23.0 Å². The molecule has 0 saturated carbocycles. The third-order valence-electron chi connectivity index (χ3n) is 5.44. The molecule has 4 rings (SSSR count). The Labute approximate surface area is 184 Å². The van der Waals surface area contributed by atoms with E-state index < -0.39 is 41.6 Å². The van der Waals surface area contributed by atoms with Gasteiger partial charge in [-0.05, 0) is 29.8 Å². The first-order chi connectivity index (χ1) is 15.6. The number of fused-ring (bicyclic) bond motifs is 3. The number of anilines is 2. The molecule has 2 heterocycles. The zero-order valence-corrected chi connectivity index (χ0v) is 16.7. The second-order valence-corrected chi connectivity index (χ2v) is 7.42. The molecule has 1 atom stereocenters. The van der Waals surface area contributed by atoms with E-state index in [1.165, 1.54) is 23.2 Å². The molecule has 7 nitrogen and oxygen atoms in total. The summed E-state index contributed by atoms with van der Waals surface area (Å²) in [6.45, 7) is -0.354. The van der Waals surface area contributed by atoms with Crippen LogP contribution in [0.2, 0.25) is 0 Å². The Bertz CT molecular complexity index is 1240. The SMILES string of the molecule is O=CNc1c(CC(=O)O)ccc2c1C1C(=O)C=NC=C1N2Cc1cc(C(F)(F)F)ccc1F. The summed E-state index contributed by atoms with van der Waals surface area (Å²) >= 11 is 0. The highest BCUT2D eigenvalue weighted by molar-refractivity contribution is 6.33. The first kappa shape index (κ1) is 22.2. The molecule has 2 aromatic rings. The number of carbonyl (C=O) groups excluding carboxylic acids is 2. The standard InChI is InChI=1S/C22H15F4N3O4/c23-14-3-2-13(22(24,25)26)5-12(14)9-29-15-4-1-11(6-18(32)33)21(28-10-30)20(15)19-16(29)7-27-8-17(19)31/h1-5,7-8,10,19H,6,9H2,(H,28,30)(H,32,33). The Hall–Kier alpha value is -4.02. The number of amides is 1. The van der Waals surface area contributed by atoms with Crippen LogP contribution in [0.4, 0.5) is 28.9 Å². The number of aliphatic imine (C=N–C) groups is 1. The van der Waals surface area contributed by atoms with E-state index in [2.05, 4.69) is 10.3 Å². The number of nitrogens with one attached hydrogen (secondary N) is 1. The number of carboxylic acid groups (broad SMARTS) is 1. The molecule has 0 radical (unpaired) electrons. The molecule has 2 aliphatic rings. The van der Waals surface area contributed by atoms with Crippen LogP contribution in [0.25, 0.3) is 0 Å². The number of nitrogens with zero attached hydrogens (tertiary/aromatic N) is 2. The van der Waals surface area contributed by atoms with Crippen LogP contribution < -0.4 is 10.2 Å². The van der Waals surface area contributed by atoms with Crippen molar-refractivity contribution in [2.75, 3.05) is 10.2 Å². The van der Waals surface area contributed by atoms with Crippen LogP contribution in [0.3, 0.4) is 0 Å². The third-order valence-corrected chi connectivity index (χ3v) is 5.44. The summed E-state index contributed by atoms with van der Waals surface area (Å²) in [6, 6.07) is 4.97. The average molecular weight is 461 g/mol. The van der Waals surface area contributed by atoms with Crippen LogP contribution in [0, 0.1) is 5.82 Å². The Morgan fingerprint density at radius 2 is 1.97 bits per heavy atom. The number of alkyl halides is 3. The molecular formula is C22H15F4N3O4. The quantitative estimate of drug-likeness (QED) is 0.506. The van der Waals surface area contributed by atoms with Gasteiger partial charge in [0.15, 0.2) is 5.78 Å². The molecule has 2 N–H and O–H groups in total. The van der Waals surface area contributed by atoms with Crippen molar-refractivity contribution in [3.05, 3.63) is 70.3 Å². The maximum absolute atomic E-state index is 14.5. The highest BCUT2D eigenvalue weighted by Crippen LogP contribution is 2.50. The Kier molecular flexibility index (Phi) is 5.48. The van der Waals surface area contributed by atoms with Gasteiger partial charge in [-0.2, -0.15) is 13.2 Å².